The zero-order valence-corrected chi connectivity index (χ0v) is 7.87. The summed E-state index contributed by atoms with van der Waals surface area (Å²) >= 11 is 0. The molecule has 0 unspecified atom stereocenters. The average Bonchev–Trinajstić information content (AvgIpc) is 2.20. The number of hydrogen-bond acceptors (Lipinski definition) is 5. The van der Waals surface area contributed by atoms with Crippen LogP contribution in [0.3, 0.4) is 0 Å². The molecule has 0 aliphatic heterocycles. The van der Waals surface area contributed by atoms with Gasteiger partial charge in [-0.05, 0) is 6.92 Å². The summed E-state index contributed by atoms with van der Waals surface area (Å²) in [4.78, 5) is 15.2. The number of aryl methyl sites for hydroxylation is 1. The Morgan fingerprint density at radius 1 is 1.71 bits per heavy atom. The van der Waals surface area contributed by atoms with Gasteiger partial charge in [0.1, 0.15) is 11.6 Å². The molecule has 0 aliphatic rings. The van der Waals surface area contributed by atoms with E-state index in [9.17, 15) is 4.79 Å². The molecule has 5 nitrogen and oxygen atoms in total. The second-order valence-corrected chi connectivity index (χ2v) is 2.65. The lowest BCUT2D eigenvalue weighted by Crippen LogP contribution is -2.10. The molecule has 2 N–H and O–H groups in total. The molecule has 72 valence electrons. The van der Waals surface area contributed by atoms with E-state index in [0.29, 0.717) is 5.69 Å². The summed E-state index contributed by atoms with van der Waals surface area (Å²) in [5.74, 6) is -0.621. The lowest BCUT2D eigenvalue weighted by molar-refractivity contribution is 0.0601. The Bertz CT molecular complexity index is 421. The average molecular weight is 191 g/mol. The summed E-state index contributed by atoms with van der Waals surface area (Å²) < 4.78 is 4.52. The number of anilines is 1. The molecular weight excluding hydrogens is 182 g/mol. The van der Waals surface area contributed by atoms with E-state index in [-0.39, 0.29) is 16.8 Å². The number of nitrogens with two attached hydrogens (primary N) is 1. The molecule has 0 atom stereocenters. The third-order valence-corrected chi connectivity index (χ3v) is 1.83. The number of nitriles is 1. The number of carbonyl (C=O) groups excluding carboxylic acids is 1. The first kappa shape index (κ1) is 9.99. The van der Waals surface area contributed by atoms with Crippen LogP contribution in [0.5, 0.6) is 0 Å². The molecule has 0 bridgehead atoms. The highest BCUT2D eigenvalue weighted by atomic mass is 16.5. The van der Waals surface area contributed by atoms with Gasteiger partial charge in [0.05, 0.1) is 24.1 Å². The van der Waals surface area contributed by atoms with E-state index in [2.05, 4.69) is 9.72 Å². The molecule has 1 rings (SSSR count). The summed E-state index contributed by atoms with van der Waals surface area (Å²) in [5.41, 5.74) is 6.53. The standard InChI is InChI=1S/C9H9N3O2/c1-5-8(11)7(9(13)14-2)6(3-10)4-12-5/h4H,11H2,1-2H3. The number of methoxy groups -OCH3 is 1. The lowest BCUT2D eigenvalue weighted by atomic mass is 10.1. The van der Waals surface area contributed by atoms with Crippen molar-refractivity contribution in [1.29, 1.82) is 5.26 Å². The molecule has 5 heteroatoms. The molecule has 1 heterocycles. The molecular formula is C9H9N3O2. The highest BCUT2D eigenvalue weighted by Gasteiger charge is 2.17. The van der Waals surface area contributed by atoms with Crippen molar-refractivity contribution < 1.29 is 9.53 Å². The van der Waals surface area contributed by atoms with E-state index in [1.807, 2.05) is 6.07 Å². The van der Waals surface area contributed by atoms with Gasteiger partial charge in [0.15, 0.2) is 0 Å². The van der Waals surface area contributed by atoms with Crippen molar-refractivity contribution in [2.45, 2.75) is 6.92 Å². The van der Waals surface area contributed by atoms with Crippen molar-refractivity contribution in [3.63, 3.8) is 0 Å². The predicted octanol–water partition coefficient (Wildman–Crippen LogP) is 0.630. The fourth-order valence-electron chi connectivity index (χ4n) is 1.03. The molecule has 0 aromatic carbocycles. The summed E-state index contributed by atoms with van der Waals surface area (Å²) in [6, 6.07) is 1.84. The molecule has 1 aromatic rings. The minimum Gasteiger partial charge on any atom is -0.465 e. The van der Waals surface area contributed by atoms with Crippen LogP contribution < -0.4 is 5.73 Å². The van der Waals surface area contributed by atoms with Gasteiger partial charge in [-0.3, -0.25) is 4.98 Å². The number of aromatic nitrogens is 1. The van der Waals surface area contributed by atoms with Crippen LogP contribution in [-0.2, 0) is 4.74 Å². The molecule has 0 fully saturated rings. The van der Waals surface area contributed by atoms with Gasteiger partial charge in [-0.1, -0.05) is 0 Å². The van der Waals surface area contributed by atoms with E-state index >= 15 is 0 Å². The van der Waals surface area contributed by atoms with Crippen molar-refractivity contribution in [3.8, 4) is 6.07 Å². The summed E-state index contributed by atoms with van der Waals surface area (Å²) in [6.07, 6.45) is 1.30. The minimum atomic E-state index is -0.621. The number of ether oxygens (including phenoxy) is 1. The predicted molar refractivity (Wildman–Crippen MR) is 49.4 cm³/mol. The van der Waals surface area contributed by atoms with Crippen LogP contribution in [0.1, 0.15) is 21.6 Å². The number of pyridine rings is 1. The number of esters is 1. The number of nitrogen functional groups attached to an aromatic ring is 1. The maximum absolute atomic E-state index is 11.3. The Labute approximate surface area is 81.1 Å². The van der Waals surface area contributed by atoms with E-state index in [4.69, 9.17) is 11.0 Å². The Balaban J connectivity index is 3.45. The first-order chi connectivity index (χ1) is 6.61. The SMILES string of the molecule is COC(=O)c1c(C#N)cnc(C)c1N. The van der Waals surface area contributed by atoms with Gasteiger partial charge < -0.3 is 10.5 Å². The van der Waals surface area contributed by atoms with Gasteiger partial charge in [0.2, 0.25) is 0 Å². The molecule has 0 amide bonds. The van der Waals surface area contributed by atoms with Crippen molar-refractivity contribution in [3.05, 3.63) is 23.0 Å². The fourth-order valence-corrected chi connectivity index (χ4v) is 1.03. The van der Waals surface area contributed by atoms with Crippen LogP contribution >= 0.6 is 0 Å². The largest absolute Gasteiger partial charge is 0.465 e. The van der Waals surface area contributed by atoms with Crippen LogP contribution in [0.4, 0.5) is 5.69 Å². The Morgan fingerprint density at radius 2 is 2.36 bits per heavy atom. The second kappa shape index (κ2) is 3.75. The molecule has 0 aliphatic carbocycles. The van der Waals surface area contributed by atoms with Crippen LogP contribution in [0.15, 0.2) is 6.20 Å². The zero-order chi connectivity index (χ0) is 10.7. The number of hydrogen-bond donors (Lipinski definition) is 1. The topological polar surface area (TPSA) is 89.0 Å². The van der Waals surface area contributed by atoms with E-state index in [1.54, 1.807) is 6.92 Å². The van der Waals surface area contributed by atoms with Gasteiger partial charge in [0, 0.05) is 6.20 Å². The molecule has 0 spiro atoms. The third-order valence-electron chi connectivity index (χ3n) is 1.83. The third kappa shape index (κ3) is 1.50. The Morgan fingerprint density at radius 3 is 2.86 bits per heavy atom. The van der Waals surface area contributed by atoms with Crippen molar-refractivity contribution >= 4 is 11.7 Å². The number of rotatable bonds is 1. The van der Waals surface area contributed by atoms with E-state index in [0.717, 1.165) is 0 Å². The lowest BCUT2D eigenvalue weighted by Gasteiger charge is -2.06. The second-order valence-electron chi connectivity index (χ2n) is 2.65. The van der Waals surface area contributed by atoms with Crippen LogP contribution in [0.25, 0.3) is 0 Å². The van der Waals surface area contributed by atoms with Gasteiger partial charge in [-0.15, -0.1) is 0 Å². The smallest absolute Gasteiger partial charge is 0.341 e. The first-order valence-electron chi connectivity index (χ1n) is 3.85. The van der Waals surface area contributed by atoms with Crippen molar-refractivity contribution in [2.75, 3.05) is 12.8 Å². The quantitative estimate of drug-likeness (QED) is 0.657. The minimum absolute atomic E-state index is 0.0856. The molecule has 0 saturated heterocycles. The van der Waals surface area contributed by atoms with Gasteiger partial charge in [-0.25, -0.2) is 4.79 Å². The zero-order valence-electron chi connectivity index (χ0n) is 7.87. The Kier molecular flexibility index (Phi) is 2.67. The number of nitrogens with zero attached hydrogens (tertiary/aromatic N) is 2. The van der Waals surface area contributed by atoms with Gasteiger partial charge in [0.25, 0.3) is 0 Å². The molecule has 0 radical (unpaired) electrons. The maximum Gasteiger partial charge on any atom is 0.341 e. The summed E-state index contributed by atoms with van der Waals surface area (Å²) in [6.45, 7) is 1.66. The molecule has 14 heavy (non-hydrogen) atoms. The normalized spacial score (nSPS) is 9.21. The van der Waals surface area contributed by atoms with Crippen LogP contribution in [0.2, 0.25) is 0 Å². The van der Waals surface area contributed by atoms with Gasteiger partial charge in [-0.2, -0.15) is 5.26 Å². The van der Waals surface area contributed by atoms with Crippen molar-refractivity contribution in [2.24, 2.45) is 0 Å². The highest BCUT2D eigenvalue weighted by molar-refractivity contribution is 5.97. The van der Waals surface area contributed by atoms with Crippen LogP contribution in [0, 0.1) is 18.3 Å². The first-order valence-corrected chi connectivity index (χ1v) is 3.85. The fraction of sp³-hybridized carbons (Fsp3) is 0.222. The number of carbonyl (C=O) groups is 1. The summed E-state index contributed by atoms with van der Waals surface area (Å²) in [7, 11) is 1.23. The Hall–Kier alpha value is -2.09. The maximum atomic E-state index is 11.3. The molecule has 1 aromatic heterocycles. The summed E-state index contributed by atoms with van der Waals surface area (Å²) in [5, 5.41) is 8.72. The van der Waals surface area contributed by atoms with Crippen molar-refractivity contribution in [1.82, 2.24) is 4.98 Å². The van der Waals surface area contributed by atoms with E-state index < -0.39 is 5.97 Å². The molecule has 0 saturated carbocycles. The monoisotopic (exact) mass is 191 g/mol. The van der Waals surface area contributed by atoms with E-state index in [1.165, 1.54) is 13.3 Å². The van der Waals surface area contributed by atoms with Crippen LogP contribution in [-0.4, -0.2) is 18.1 Å². The van der Waals surface area contributed by atoms with Gasteiger partial charge >= 0.3 is 5.97 Å². The highest BCUT2D eigenvalue weighted by Crippen LogP contribution is 2.19.